The molecule has 1 aromatic heterocycles. The second-order valence-corrected chi connectivity index (χ2v) is 10.7. The van der Waals surface area contributed by atoms with Crippen molar-refractivity contribution < 1.29 is 19.1 Å². The molecule has 1 N–H and O–H groups in total. The first kappa shape index (κ1) is 27.6. The van der Waals surface area contributed by atoms with Crippen LogP contribution in [-0.2, 0) is 22.6 Å². The lowest BCUT2D eigenvalue weighted by molar-refractivity contribution is -0.133. The third kappa shape index (κ3) is 8.31. The van der Waals surface area contributed by atoms with E-state index in [0.29, 0.717) is 50.8 Å². The second kappa shape index (κ2) is 13.9. The summed E-state index contributed by atoms with van der Waals surface area (Å²) < 4.78 is 10.7. The van der Waals surface area contributed by atoms with Crippen LogP contribution in [0.25, 0.3) is 0 Å². The molecule has 8 nitrogen and oxygen atoms in total. The van der Waals surface area contributed by atoms with Crippen molar-refractivity contribution in [3.05, 3.63) is 82.0 Å². The van der Waals surface area contributed by atoms with E-state index in [4.69, 9.17) is 9.47 Å². The summed E-state index contributed by atoms with van der Waals surface area (Å²) in [6, 6.07) is 21.0. The standard InChI is InChI=1S/C29H36N4O4S/c1-23-8-13-27(38-23)21-33(20-24-6-4-3-5-7-24)28(34)22-32(15-14-31-16-18-37-19-17-31)29(35)30-25-9-11-26(36-2)12-10-25/h3-13H,14-22H2,1-2H3,(H,30,35). The molecule has 3 amide bonds. The van der Waals surface area contributed by atoms with Crippen LogP contribution in [0.5, 0.6) is 5.75 Å². The maximum absolute atomic E-state index is 13.7. The molecular formula is C29H36N4O4S. The molecule has 0 unspecified atom stereocenters. The van der Waals surface area contributed by atoms with Gasteiger partial charge < -0.3 is 24.6 Å². The van der Waals surface area contributed by atoms with Crippen LogP contribution in [0.3, 0.4) is 0 Å². The van der Waals surface area contributed by atoms with E-state index >= 15 is 0 Å². The number of rotatable bonds is 11. The van der Waals surface area contributed by atoms with Crippen molar-refractivity contribution in [3.8, 4) is 5.75 Å². The van der Waals surface area contributed by atoms with Crippen molar-refractivity contribution in [2.24, 2.45) is 0 Å². The molecule has 2 heterocycles. The van der Waals surface area contributed by atoms with E-state index in [1.165, 1.54) is 4.88 Å². The van der Waals surface area contributed by atoms with Gasteiger partial charge in [-0.2, -0.15) is 0 Å². The average molecular weight is 537 g/mol. The van der Waals surface area contributed by atoms with Crippen LogP contribution in [0.15, 0.2) is 66.7 Å². The molecule has 2 aromatic carbocycles. The lowest BCUT2D eigenvalue weighted by atomic mass is 10.2. The van der Waals surface area contributed by atoms with Crippen LogP contribution < -0.4 is 10.1 Å². The zero-order valence-corrected chi connectivity index (χ0v) is 22.9. The van der Waals surface area contributed by atoms with E-state index in [1.54, 1.807) is 47.6 Å². The van der Waals surface area contributed by atoms with Gasteiger partial charge in [0.2, 0.25) is 5.91 Å². The summed E-state index contributed by atoms with van der Waals surface area (Å²) in [4.78, 5) is 35.1. The molecular weight excluding hydrogens is 500 g/mol. The van der Waals surface area contributed by atoms with Gasteiger partial charge in [-0.25, -0.2) is 4.79 Å². The van der Waals surface area contributed by atoms with Crippen LogP contribution in [0, 0.1) is 6.92 Å². The van der Waals surface area contributed by atoms with Gasteiger partial charge in [-0.05, 0) is 48.9 Å². The Morgan fingerprint density at radius 3 is 2.37 bits per heavy atom. The number of benzene rings is 2. The van der Waals surface area contributed by atoms with Crippen LogP contribution in [-0.4, -0.2) is 79.7 Å². The Morgan fingerprint density at radius 2 is 1.71 bits per heavy atom. The Balaban J connectivity index is 1.48. The first-order valence-electron chi connectivity index (χ1n) is 12.9. The van der Waals surface area contributed by atoms with E-state index < -0.39 is 0 Å². The second-order valence-electron chi connectivity index (χ2n) is 9.28. The first-order valence-corrected chi connectivity index (χ1v) is 13.7. The third-order valence-electron chi connectivity index (χ3n) is 6.46. The highest BCUT2D eigenvalue weighted by Crippen LogP contribution is 2.20. The molecule has 1 aliphatic heterocycles. The van der Waals surface area contributed by atoms with E-state index in [-0.39, 0.29) is 18.5 Å². The summed E-state index contributed by atoms with van der Waals surface area (Å²) in [5, 5.41) is 2.95. The largest absolute Gasteiger partial charge is 0.497 e. The molecule has 0 saturated carbocycles. The fourth-order valence-electron chi connectivity index (χ4n) is 4.27. The summed E-state index contributed by atoms with van der Waals surface area (Å²) in [6.07, 6.45) is 0. The number of anilines is 1. The van der Waals surface area contributed by atoms with E-state index in [2.05, 4.69) is 29.3 Å². The molecule has 38 heavy (non-hydrogen) atoms. The molecule has 0 aliphatic carbocycles. The number of hydrogen-bond acceptors (Lipinski definition) is 6. The Kier molecular flexibility index (Phi) is 10.1. The Bertz CT molecular complexity index is 1160. The fourth-order valence-corrected chi connectivity index (χ4v) is 5.18. The summed E-state index contributed by atoms with van der Waals surface area (Å²) in [5.74, 6) is 0.620. The number of nitrogens with zero attached hydrogens (tertiary/aromatic N) is 3. The predicted octanol–water partition coefficient (Wildman–Crippen LogP) is 4.46. The van der Waals surface area contributed by atoms with E-state index in [1.807, 2.05) is 35.2 Å². The van der Waals surface area contributed by atoms with Gasteiger partial charge in [0.1, 0.15) is 12.3 Å². The molecule has 1 fully saturated rings. The molecule has 0 atom stereocenters. The number of amides is 3. The molecule has 0 radical (unpaired) electrons. The maximum atomic E-state index is 13.7. The number of nitrogens with one attached hydrogen (secondary N) is 1. The summed E-state index contributed by atoms with van der Waals surface area (Å²) >= 11 is 1.69. The van der Waals surface area contributed by atoms with Gasteiger partial charge in [-0.1, -0.05) is 30.3 Å². The van der Waals surface area contributed by atoms with Crippen molar-refractivity contribution in [3.63, 3.8) is 0 Å². The normalized spacial score (nSPS) is 13.6. The van der Waals surface area contributed by atoms with Gasteiger partial charge in [0, 0.05) is 48.2 Å². The Labute approximate surface area is 228 Å². The lowest BCUT2D eigenvalue weighted by Crippen LogP contribution is -2.48. The third-order valence-corrected chi connectivity index (χ3v) is 7.44. The number of ether oxygens (including phenoxy) is 2. The predicted molar refractivity (Wildman–Crippen MR) is 151 cm³/mol. The van der Waals surface area contributed by atoms with Crippen LogP contribution in [0.1, 0.15) is 15.3 Å². The van der Waals surface area contributed by atoms with Crippen LogP contribution in [0.2, 0.25) is 0 Å². The van der Waals surface area contributed by atoms with E-state index in [0.717, 1.165) is 23.5 Å². The van der Waals surface area contributed by atoms with Crippen molar-refractivity contribution in [2.75, 3.05) is 58.4 Å². The number of morpholine rings is 1. The Hall–Kier alpha value is -3.40. The molecule has 4 rings (SSSR count). The minimum Gasteiger partial charge on any atom is -0.497 e. The topological polar surface area (TPSA) is 74.4 Å². The van der Waals surface area contributed by atoms with Crippen molar-refractivity contribution in [1.29, 1.82) is 0 Å². The maximum Gasteiger partial charge on any atom is 0.322 e. The number of aryl methyl sites for hydroxylation is 1. The molecule has 0 spiro atoms. The van der Waals surface area contributed by atoms with Gasteiger partial charge in [0.15, 0.2) is 0 Å². The van der Waals surface area contributed by atoms with Crippen molar-refractivity contribution in [2.45, 2.75) is 20.0 Å². The highest BCUT2D eigenvalue weighted by atomic mass is 32.1. The fraction of sp³-hybridized carbons (Fsp3) is 0.379. The van der Waals surface area contributed by atoms with Crippen LogP contribution >= 0.6 is 11.3 Å². The lowest BCUT2D eigenvalue weighted by Gasteiger charge is -2.31. The smallest absolute Gasteiger partial charge is 0.322 e. The molecule has 3 aromatic rings. The minimum atomic E-state index is -0.302. The molecule has 1 saturated heterocycles. The quantitative estimate of drug-likeness (QED) is 0.392. The number of urea groups is 1. The number of methoxy groups -OCH3 is 1. The van der Waals surface area contributed by atoms with Crippen molar-refractivity contribution >= 4 is 29.0 Å². The summed E-state index contributed by atoms with van der Waals surface area (Å²) in [6.45, 7) is 7.15. The van der Waals surface area contributed by atoms with Gasteiger partial charge in [-0.3, -0.25) is 9.69 Å². The summed E-state index contributed by atoms with van der Waals surface area (Å²) in [7, 11) is 1.60. The zero-order valence-electron chi connectivity index (χ0n) is 22.1. The average Bonchev–Trinajstić information content (AvgIpc) is 3.36. The molecule has 202 valence electrons. The van der Waals surface area contributed by atoms with Crippen LogP contribution in [0.4, 0.5) is 10.5 Å². The Morgan fingerprint density at radius 1 is 0.974 bits per heavy atom. The monoisotopic (exact) mass is 536 g/mol. The molecule has 9 heteroatoms. The zero-order chi connectivity index (χ0) is 26.7. The highest BCUT2D eigenvalue weighted by molar-refractivity contribution is 7.11. The summed E-state index contributed by atoms with van der Waals surface area (Å²) in [5.41, 5.74) is 1.70. The van der Waals surface area contributed by atoms with Gasteiger partial charge in [0.25, 0.3) is 0 Å². The molecule has 0 bridgehead atoms. The van der Waals surface area contributed by atoms with E-state index in [9.17, 15) is 9.59 Å². The first-order chi connectivity index (χ1) is 18.5. The van der Waals surface area contributed by atoms with Gasteiger partial charge in [0.05, 0.1) is 26.9 Å². The molecule has 1 aliphatic rings. The van der Waals surface area contributed by atoms with Crippen molar-refractivity contribution in [1.82, 2.24) is 14.7 Å². The van der Waals surface area contributed by atoms with Gasteiger partial charge in [-0.15, -0.1) is 11.3 Å². The number of hydrogen-bond donors (Lipinski definition) is 1. The SMILES string of the molecule is COc1ccc(NC(=O)N(CCN2CCOCC2)CC(=O)N(Cc2ccccc2)Cc2ccc(C)s2)cc1. The number of carbonyl (C=O) groups is 2. The van der Waals surface area contributed by atoms with Gasteiger partial charge >= 0.3 is 6.03 Å². The highest BCUT2D eigenvalue weighted by Gasteiger charge is 2.23. The minimum absolute atomic E-state index is 0.0104. The number of thiophene rings is 1. The number of carbonyl (C=O) groups excluding carboxylic acids is 2.